The Hall–Kier alpha value is -2.83. The summed E-state index contributed by atoms with van der Waals surface area (Å²) in [5.74, 6) is -2.43. The van der Waals surface area contributed by atoms with E-state index in [2.05, 4.69) is 0 Å². The number of amides is 2. The lowest BCUT2D eigenvalue weighted by atomic mass is 9.93. The van der Waals surface area contributed by atoms with Gasteiger partial charge in [-0.15, -0.1) is 0 Å². The summed E-state index contributed by atoms with van der Waals surface area (Å²) in [5, 5.41) is 0. The zero-order valence-corrected chi connectivity index (χ0v) is 15.0. The van der Waals surface area contributed by atoms with Crippen molar-refractivity contribution in [3.8, 4) is 0 Å². The molecule has 146 valence electrons. The molecular formula is C21H19F3N2O2. The molecule has 0 aromatic heterocycles. The minimum Gasteiger partial charge on any atom is -0.323 e. The van der Waals surface area contributed by atoms with Gasteiger partial charge in [0.05, 0.1) is 0 Å². The van der Waals surface area contributed by atoms with E-state index >= 15 is 0 Å². The highest BCUT2D eigenvalue weighted by Crippen LogP contribution is 2.41. The Morgan fingerprint density at radius 2 is 1.64 bits per heavy atom. The van der Waals surface area contributed by atoms with Crippen molar-refractivity contribution >= 4 is 17.5 Å². The van der Waals surface area contributed by atoms with Crippen LogP contribution in [-0.2, 0) is 9.59 Å². The number of carbonyl (C=O) groups excluding carboxylic acids is 2. The van der Waals surface area contributed by atoms with Crippen LogP contribution in [0.25, 0.3) is 0 Å². The molecule has 2 aromatic carbocycles. The number of likely N-dealkylation sites (tertiary alicyclic amines) is 1. The summed E-state index contributed by atoms with van der Waals surface area (Å²) in [4.78, 5) is 27.2. The molecule has 0 N–H and O–H groups in total. The lowest BCUT2D eigenvalue weighted by molar-refractivity contribution is -0.186. The smallest absolute Gasteiger partial charge is 0.323 e. The lowest BCUT2D eigenvalue weighted by Crippen LogP contribution is -2.51. The van der Waals surface area contributed by atoms with Crippen molar-refractivity contribution in [1.29, 1.82) is 0 Å². The van der Waals surface area contributed by atoms with Crippen LogP contribution in [0.15, 0.2) is 54.6 Å². The van der Waals surface area contributed by atoms with Crippen LogP contribution in [0.3, 0.4) is 0 Å². The number of alkyl halides is 3. The van der Waals surface area contributed by atoms with Crippen molar-refractivity contribution in [3.63, 3.8) is 0 Å². The van der Waals surface area contributed by atoms with Crippen molar-refractivity contribution in [2.75, 3.05) is 18.0 Å². The fourth-order valence-corrected chi connectivity index (χ4v) is 4.20. The average molecular weight is 388 g/mol. The van der Waals surface area contributed by atoms with Gasteiger partial charge in [-0.3, -0.25) is 9.59 Å². The highest BCUT2D eigenvalue weighted by atomic mass is 19.4. The van der Waals surface area contributed by atoms with Crippen LogP contribution in [-0.4, -0.2) is 42.0 Å². The van der Waals surface area contributed by atoms with Gasteiger partial charge < -0.3 is 9.80 Å². The van der Waals surface area contributed by atoms with Crippen LogP contribution in [0, 0.1) is 0 Å². The van der Waals surface area contributed by atoms with Crippen LogP contribution in [0.4, 0.5) is 18.9 Å². The van der Waals surface area contributed by atoms with Gasteiger partial charge in [0, 0.05) is 24.7 Å². The molecule has 0 bridgehead atoms. The number of rotatable bonds is 2. The van der Waals surface area contributed by atoms with Crippen LogP contribution < -0.4 is 4.90 Å². The van der Waals surface area contributed by atoms with E-state index in [1.165, 1.54) is 0 Å². The maximum Gasteiger partial charge on any atom is 0.471 e. The molecule has 1 unspecified atom stereocenters. The molecule has 1 fully saturated rings. The first-order chi connectivity index (χ1) is 13.4. The Kier molecular flexibility index (Phi) is 4.61. The number of anilines is 1. The highest BCUT2D eigenvalue weighted by Gasteiger charge is 2.49. The van der Waals surface area contributed by atoms with Gasteiger partial charge in [0.15, 0.2) is 0 Å². The van der Waals surface area contributed by atoms with Crippen molar-refractivity contribution in [2.45, 2.75) is 31.0 Å². The monoisotopic (exact) mass is 388 g/mol. The third-order valence-corrected chi connectivity index (χ3v) is 5.48. The Bertz CT molecular complexity index is 898. The molecule has 4 rings (SSSR count). The number of halogens is 3. The molecule has 28 heavy (non-hydrogen) atoms. The van der Waals surface area contributed by atoms with E-state index in [0.717, 1.165) is 11.1 Å². The van der Waals surface area contributed by atoms with E-state index in [4.69, 9.17) is 0 Å². The molecular weight excluding hydrogens is 369 g/mol. The summed E-state index contributed by atoms with van der Waals surface area (Å²) in [6, 6.07) is 16.1. The van der Waals surface area contributed by atoms with Gasteiger partial charge in [0.1, 0.15) is 6.04 Å². The maximum absolute atomic E-state index is 13.2. The first-order valence-electron chi connectivity index (χ1n) is 9.21. The van der Waals surface area contributed by atoms with Crippen molar-refractivity contribution in [1.82, 2.24) is 4.90 Å². The summed E-state index contributed by atoms with van der Waals surface area (Å²) in [7, 11) is 0. The van der Waals surface area contributed by atoms with Gasteiger partial charge in [0.2, 0.25) is 5.91 Å². The fraction of sp³-hybridized carbons (Fsp3) is 0.333. The summed E-state index contributed by atoms with van der Waals surface area (Å²) in [5.41, 5.74) is 2.71. The van der Waals surface area contributed by atoms with Gasteiger partial charge in [-0.25, -0.2) is 0 Å². The van der Waals surface area contributed by atoms with E-state index in [9.17, 15) is 22.8 Å². The second-order valence-electron chi connectivity index (χ2n) is 7.13. The van der Waals surface area contributed by atoms with Crippen LogP contribution in [0.2, 0.25) is 0 Å². The first-order valence-corrected chi connectivity index (χ1v) is 9.21. The molecule has 0 saturated carbocycles. The van der Waals surface area contributed by atoms with E-state index < -0.39 is 24.0 Å². The molecule has 1 saturated heterocycles. The topological polar surface area (TPSA) is 40.6 Å². The quantitative estimate of drug-likeness (QED) is 0.787. The van der Waals surface area contributed by atoms with Gasteiger partial charge >= 0.3 is 12.1 Å². The van der Waals surface area contributed by atoms with Crippen molar-refractivity contribution in [2.24, 2.45) is 0 Å². The molecule has 2 amide bonds. The Balaban J connectivity index is 1.64. The van der Waals surface area contributed by atoms with Gasteiger partial charge in [-0.05, 0) is 30.0 Å². The number of fused-ring (bicyclic) bond motifs is 1. The summed E-state index contributed by atoms with van der Waals surface area (Å²) in [6.45, 7) is 0.305. The van der Waals surface area contributed by atoms with Gasteiger partial charge in [-0.2, -0.15) is 13.2 Å². The minimum absolute atomic E-state index is 0.0467. The molecule has 2 atom stereocenters. The molecule has 2 aromatic rings. The zero-order chi connectivity index (χ0) is 19.9. The molecule has 2 aliphatic rings. The van der Waals surface area contributed by atoms with Crippen LogP contribution >= 0.6 is 0 Å². The predicted octanol–water partition coefficient (Wildman–Crippen LogP) is 3.72. The number of para-hydroxylation sites is 1. The third kappa shape index (κ3) is 3.15. The SMILES string of the molecule is O=C([C@@H]1CCCN1C(=O)C(F)(F)F)N1CC(c2ccccc2)c2ccccc21. The minimum atomic E-state index is -4.97. The fourth-order valence-electron chi connectivity index (χ4n) is 4.20. The number of hydrogen-bond acceptors (Lipinski definition) is 2. The highest BCUT2D eigenvalue weighted by molar-refractivity contribution is 6.02. The van der Waals surface area contributed by atoms with E-state index in [-0.39, 0.29) is 18.9 Å². The van der Waals surface area contributed by atoms with Crippen molar-refractivity contribution in [3.05, 3.63) is 65.7 Å². The molecule has 2 heterocycles. The standard InChI is InChI=1S/C21H19F3N2O2/c22-21(23,24)20(28)25-12-6-11-18(25)19(27)26-13-16(14-7-2-1-3-8-14)15-9-4-5-10-17(15)26/h1-5,7-10,16,18H,6,11-13H2/t16?,18-/m0/s1. The van der Waals surface area contributed by atoms with Gasteiger partial charge in [0.25, 0.3) is 0 Å². The summed E-state index contributed by atoms with van der Waals surface area (Å²) in [6.07, 6.45) is -4.34. The molecule has 2 aliphatic heterocycles. The Morgan fingerprint density at radius 1 is 0.964 bits per heavy atom. The van der Waals surface area contributed by atoms with E-state index in [1.54, 1.807) is 17.0 Å². The number of benzene rings is 2. The summed E-state index contributed by atoms with van der Waals surface area (Å²) < 4.78 is 38.8. The normalized spacial score (nSPS) is 21.7. The molecule has 0 aliphatic carbocycles. The lowest BCUT2D eigenvalue weighted by Gasteiger charge is -2.29. The van der Waals surface area contributed by atoms with Gasteiger partial charge in [-0.1, -0.05) is 48.5 Å². The summed E-state index contributed by atoms with van der Waals surface area (Å²) >= 11 is 0. The van der Waals surface area contributed by atoms with Crippen molar-refractivity contribution < 1.29 is 22.8 Å². The largest absolute Gasteiger partial charge is 0.471 e. The van der Waals surface area contributed by atoms with Crippen LogP contribution in [0.1, 0.15) is 29.9 Å². The third-order valence-electron chi connectivity index (χ3n) is 5.48. The Morgan fingerprint density at radius 3 is 2.36 bits per heavy atom. The van der Waals surface area contributed by atoms with E-state index in [1.807, 2.05) is 42.5 Å². The maximum atomic E-state index is 13.2. The second kappa shape index (κ2) is 6.96. The zero-order valence-electron chi connectivity index (χ0n) is 15.0. The first kappa shape index (κ1) is 18.5. The second-order valence-corrected chi connectivity index (χ2v) is 7.13. The Labute approximate surface area is 160 Å². The molecule has 7 heteroatoms. The molecule has 0 radical (unpaired) electrons. The molecule has 0 spiro atoms. The molecule has 4 nitrogen and oxygen atoms in total. The average Bonchev–Trinajstić information content (AvgIpc) is 3.32. The number of carbonyl (C=O) groups is 2. The van der Waals surface area contributed by atoms with Crippen LogP contribution in [0.5, 0.6) is 0 Å². The number of nitrogens with zero attached hydrogens (tertiary/aromatic N) is 2. The van der Waals surface area contributed by atoms with E-state index in [0.29, 0.717) is 23.6 Å². The number of hydrogen-bond donors (Lipinski definition) is 0. The predicted molar refractivity (Wildman–Crippen MR) is 97.9 cm³/mol.